The number of carbonyl (C=O) groups is 2. The summed E-state index contributed by atoms with van der Waals surface area (Å²) in [6.07, 6.45) is -0.0141. The normalized spacial score (nSPS) is 12.5. The highest BCUT2D eigenvalue weighted by molar-refractivity contribution is 14.1. The molecule has 0 fully saturated rings. The highest BCUT2D eigenvalue weighted by atomic mass is 127. The monoisotopic (exact) mass is 583 g/mol. The van der Waals surface area contributed by atoms with Gasteiger partial charge in [-0.1, -0.05) is 0 Å². The number of carboxylic acids is 1. The maximum Gasteiger partial charge on any atom is 0.407 e. The van der Waals surface area contributed by atoms with Crippen LogP contribution in [0.25, 0.3) is 0 Å². The Morgan fingerprint density at radius 1 is 1.29 bits per heavy atom. The van der Waals surface area contributed by atoms with E-state index in [1.165, 1.54) is 0 Å². The van der Waals surface area contributed by atoms with E-state index in [-0.39, 0.29) is 24.5 Å². The van der Waals surface area contributed by atoms with Gasteiger partial charge in [0.05, 0.1) is 12.9 Å². The van der Waals surface area contributed by atoms with E-state index in [2.05, 4.69) is 10.1 Å². The number of phenolic OH excluding ortho intramolecular Hbond substituents is 1. The molecular formula is C13H15I2NO7S. The Labute approximate surface area is 166 Å². The summed E-state index contributed by atoms with van der Waals surface area (Å²) in [5.41, 5.74) is 0.616. The molecule has 24 heavy (non-hydrogen) atoms. The second-order valence-electron chi connectivity index (χ2n) is 4.91. The lowest BCUT2D eigenvalue weighted by Crippen LogP contribution is -2.43. The minimum Gasteiger partial charge on any atom is -0.506 e. The van der Waals surface area contributed by atoms with Gasteiger partial charge in [0.25, 0.3) is 0 Å². The van der Waals surface area contributed by atoms with Gasteiger partial charge in [-0.3, -0.25) is 0 Å². The number of aliphatic carboxylic acids is 1. The van der Waals surface area contributed by atoms with Gasteiger partial charge in [0.15, 0.2) is 9.84 Å². The molecule has 0 saturated carbocycles. The average Bonchev–Trinajstić information content (AvgIpc) is 2.42. The summed E-state index contributed by atoms with van der Waals surface area (Å²) in [5.74, 6) is -1.49. The van der Waals surface area contributed by atoms with E-state index in [9.17, 15) is 28.2 Å². The first kappa shape index (κ1) is 21.2. The lowest BCUT2D eigenvalue weighted by atomic mass is 10.1. The molecular weight excluding hydrogens is 568 g/mol. The molecule has 0 unspecified atom stereocenters. The van der Waals surface area contributed by atoms with Crippen molar-refractivity contribution >= 4 is 67.1 Å². The molecule has 0 spiro atoms. The number of hydrogen-bond acceptors (Lipinski definition) is 6. The first-order chi connectivity index (χ1) is 11.0. The summed E-state index contributed by atoms with van der Waals surface area (Å²) < 4.78 is 27.7. The van der Waals surface area contributed by atoms with E-state index < -0.39 is 27.9 Å². The van der Waals surface area contributed by atoms with Crippen LogP contribution in [0.2, 0.25) is 0 Å². The highest BCUT2D eigenvalue weighted by Crippen LogP contribution is 2.27. The van der Waals surface area contributed by atoms with Crippen LogP contribution in [0.3, 0.4) is 0 Å². The summed E-state index contributed by atoms with van der Waals surface area (Å²) >= 11 is 3.84. The molecule has 0 heterocycles. The van der Waals surface area contributed by atoms with Gasteiger partial charge in [0.2, 0.25) is 0 Å². The van der Waals surface area contributed by atoms with Crippen molar-refractivity contribution in [3.8, 4) is 5.75 Å². The van der Waals surface area contributed by atoms with Crippen LogP contribution >= 0.6 is 45.2 Å². The molecule has 3 N–H and O–H groups in total. The largest absolute Gasteiger partial charge is 0.506 e. The minimum absolute atomic E-state index is 0.0111. The third-order valence-electron chi connectivity index (χ3n) is 2.79. The van der Waals surface area contributed by atoms with E-state index in [0.717, 1.165) is 6.26 Å². The first-order valence-electron chi connectivity index (χ1n) is 6.50. The summed E-state index contributed by atoms with van der Waals surface area (Å²) in [5, 5.41) is 21.1. The zero-order valence-electron chi connectivity index (χ0n) is 12.5. The molecule has 1 amide bonds. The van der Waals surface area contributed by atoms with Crippen LogP contribution in [0.15, 0.2) is 12.1 Å². The molecule has 1 aromatic rings. The van der Waals surface area contributed by atoms with Gasteiger partial charge in [0.1, 0.15) is 18.4 Å². The maximum atomic E-state index is 11.6. The van der Waals surface area contributed by atoms with Crippen molar-refractivity contribution in [3.63, 3.8) is 0 Å². The van der Waals surface area contributed by atoms with Crippen molar-refractivity contribution in [3.05, 3.63) is 24.8 Å². The van der Waals surface area contributed by atoms with Gasteiger partial charge in [-0.2, -0.15) is 0 Å². The van der Waals surface area contributed by atoms with Gasteiger partial charge in [-0.05, 0) is 62.9 Å². The molecule has 1 rings (SSSR count). The fourth-order valence-corrected chi connectivity index (χ4v) is 3.92. The van der Waals surface area contributed by atoms with Crippen molar-refractivity contribution in [2.24, 2.45) is 0 Å². The van der Waals surface area contributed by atoms with E-state index in [1.54, 1.807) is 12.1 Å². The number of carbonyl (C=O) groups excluding carboxylic acids is 1. The molecule has 11 heteroatoms. The van der Waals surface area contributed by atoms with Gasteiger partial charge in [-0.15, -0.1) is 0 Å². The van der Waals surface area contributed by atoms with Crippen LogP contribution in [0.4, 0.5) is 4.79 Å². The number of halogens is 2. The Bertz CT molecular complexity index is 713. The van der Waals surface area contributed by atoms with Crippen LogP contribution in [-0.4, -0.2) is 55.4 Å². The fourth-order valence-electron chi connectivity index (χ4n) is 1.64. The molecule has 8 nitrogen and oxygen atoms in total. The smallest absolute Gasteiger partial charge is 0.407 e. The lowest BCUT2D eigenvalue weighted by Gasteiger charge is -2.15. The predicted octanol–water partition coefficient (Wildman–Crippen LogP) is 1.37. The summed E-state index contributed by atoms with van der Waals surface area (Å²) in [6, 6.07) is 1.99. The number of aromatic hydroxyl groups is 1. The van der Waals surface area contributed by atoms with Gasteiger partial charge in [-0.25, -0.2) is 18.0 Å². The van der Waals surface area contributed by atoms with Crippen LogP contribution < -0.4 is 5.32 Å². The lowest BCUT2D eigenvalue weighted by molar-refractivity contribution is -0.139. The van der Waals surface area contributed by atoms with E-state index >= 15 is 0 Å². The van der Waals surface area contributed by atoms with E-state index in [1.807, 2.05) is 45.2 Å². The number of nitrogens with one attached hydrogen (secondary N) is 1. The number of sulfone groups is 1. The number of carboxylic acid groups (broad SMARTS) is 1. The third kappa shape index (κ3) is 7.38. The van der Waals surface area contributed by atoms with Crippen LogP contribution in [0.5, 0.6) is 5.75 Å². The summed E-state index contributed by atoms with van der Waals surface area (Å²) in [6.45, 7) is -0.355. The summed E-state index contributed by atoms with van der Waals surface area (Å²) in [4.78, 5) is 22.9. The molecule has 0 saturated heterocycles. The van der Waals surface area contributed by atoms with Crippen molar-refractivity contribution < 1.29 is 33.0 Å². The van der Waals surface area contributed by atoms with Crippen molar-refractivity contribution in [2.75, 3.05) is 18.6 Å². The molecule has 0 bridgehead atoms. The predicted molar refractivity (Wildman–Crippen MR) is 103 cm³/mol. The number of alkyl carbamates (subject to hydrolysis) is 1. The Morgan fingerprint density at radius 3 is 2.29 bits per heavy atom. The zero-order chi connectivity index (χ0) is 18.5. The molecule has 0 aliphatic rings. The zero-order valence-corrected chi connectivity index (χ0v) is 17.6. The second-order valence-corrected chi connectivity index (χ2v) is 9.50. The number of amides is 1. The highest BCUT2D eigenvalue weighted by Gasteiger charge is 2.22. The Hall–Kier alpha value is -0.830. The molecule has 0 radical (unpaired) electrons. The quantitative estimate of drug-likeness (QED) is 0.414. The molecule has 0 aromatic heterocycles. The standard InChI is InChI=1S/C13H15I2NO7S/c1-24(21,22)3-2-23-13(20)16-10(12(18)19)6-7-4-8(14)11(17)9(15)5-7/h4-5,10,17H,2-3,6H2,1H3,(H,16,20)(H,18,19)/t10-/m0/s1. The van der Waals surface area contributed by atoms with Crippen molar-refractivity contribution in [1.82, 2.24) is 5.32 Å². The third-order valence-corrected chi connectivity index (χ3v) is 5.35. The number of ether oxygens (including phenoxy) is 1. The van der Waals surface area contributed by atoms with Crippen LogP contribution in [0.1, 0.15) is 5.56 Å². The Balaban J connectivity index is 2.71. The van der Waals surface area contributed by atoms with E-state index in [0.29, 0.717) is 12.7 Å². The molecule has 1 atom stereocenters. The molecule has 0 aliphatic heterocycles. The number of phenols is 1. The van der Waals surface area contributed by atoms with Crippen molar-refractivity contribution in [2.45, 2.75) is 12.5 Å². The molecule has 0 aliphatic carbocycles. The van der Waals surface area contributed by atoms with Gasteiger partial charge in [0, 0.05) is 12.7 Å². The molecule has 134 valence electrons. The minimum atomic E-state index is -3.27. The summed E-state index contributed by atoms with van der Waals surface area (Å²) in [7, 11) is -3.27. The Kier molecular flexibility index (Phi) is 7.98. The number of rotatable bonds is 7. The van der Waals surface area contributed by atoms with E-state index in [4.69, 9.17) is 0 Å². The first-order valence-corrected chi connectivity index (χ1v) is 10.7. The Morgan fingerprint density at radius 2 is 1.83 bits per heavy atom. The topological polar surface area (TPSA) is 130 Å². The van der Waals surface area contributed by atoms with Crippen LogP contribution in [-0.2, 0) is 25.8 Å². The van der Waals surface area contributed by atoms with Crippen molar-refractivity contribution in [1.29, 1.82) is 0 Å². The number of benzene rings is 1. The van der Waals surface area contributed by atoms with Crippen LogP contribution in [0, 0.1) is 7.14 Å². The second kappa shape index (κ2) is 9.03. The average molecular weight is 583 g/mol. The van der Waals surface area contributed by atoms with Gasteiger partial charge >= 0.3 is 12.1 Å². The maximum absolute atomic E-state index is 11.6. The SMILES string of the molecule is CS(=O)(=O)CCOC(=O)N[C@@H](Cc1cc(I)c(O)c(I)c1)C(=O)O. The fraction of sp³-hybridized carbons (Fsp3) is 0.385. The number of hydrogen-bond donors (Lipinski definition) is 3. The molecule has 1 aromatic carbocycles. The van der Waals surface area contributed by atoms with Gasteiger partial charge < -0.3 is 20.3 Å².